The monoisotopic (exact) mass is 477 g/mol. The highest BCUT2D eigenvalue weighted by Gasteiger charge is 2.12. The molecule has 1 saturated heterocycles. The molecular weight excluding hydrogens is 442 g/mol. The molecule has 0 aliphatic carbocycles. The van der Waals surface area contributed by atoms with E-state index in [1.54, 1.807) is 23.6 Å². The van der Waals surface area contributed by atoms with Crippen molar-refractivity contribution < 1.29 is 4.79 Å². The molecule has 0 atom stereocenters. The molecule has 0 radical (unpaired) electrons. The van der Waals surface area contributed by atoms with E-state index in [4.69, 9.17) is 4.98 Å². The number of aromatic nitrogens is 2. The van der Waals surface area contributed by atoms with Crippen LogP contribution in [-0.2, 0) is 4.79 Å². The number of carbonyl (C=O) groups is 1. The summed E-state index contributed by atoms with van der Waals surface area (Å²) in [6, 6.07) is 8.23. The van der Waals surface area contributed by atoms with E-state index in [9.17, 15) is 4.79 Å². The Balaban J connectivity index is 1.47. The highest BCUT2D eigenvalue weighted by Crippen LogP contribution is 2.32. The Hall–Kier alpha value is -2.77. The molecule has 1 N–H and O–H groups in total. The summed E-state index contributed by atoms with van der Waals surface area (Å²) in [5.74, 6) is 0.0484. The van der Waals surface area contributed by atoms with Crippen molar-refractivity contribution in [2.45, 2.75) is 39.5 Å². The maximum absolute atomic E-state index is 12.3. The number of likely N-dealkylation sites (N-methyl/N-ethyl adjacent to an activating group) is 1. The predicted octanol–water partition coefficient (Wildman–Crippen LogP) is 5.53. The average molecular weight is 478 g/mol. The van der Waals surface area contributed by atoms with Crippen LogP contribution in [0.3, 0.4) is 0 Å². The summed E-state index contributed by atoms with van der Waals surface area (Å²) < 4.78 is 0. The molecule has 7 heteroatoms. The minimum atomic E-state index is 0.0484. The van der Waals surface area contributed by atoms with Crippen molar-refractivity contribution in [3.05, 3.63) is 47.6 Å². The van der Waals surface area contributed by atoms with Crippen molar-refractivity contribution in [1.82, 2.24) is 19.8 Å². The first-order valence-electron chi connectivity index (χ1n) is 12.5. The van der Waals surface area contributed by atoms with Crippen molar-refractivity contribution >= 4 is 39.9 Å². The SMILES string of the molecule is CCN(CC)C(=O)/C=C/c1ccc(-c2cc(NCCCN3CCCCC3)c3cnccc3n2)s1. The van der Waals surface area contributed by atoms with E-state index >= 15 is 0 Å². The molecule has 1 amide bonds. The van der Waals surface area contributed by atoms with Gasteiger partial charge in [0.05, 0.1) is 16.1 Å². The second-order valence-corrected chi connectivity index (χ2v) is 9.79. The molecule has 4 heterocycles. The third-order valence-electron chi connectivity index (χ3n) is 6.37. The molecule has 3 aromatic rings. The highest BCUT2D eigenvalue weighted by atomic mass is 32.1. The Morgan fingerprint density at radius 1 is 1.18 bits per heavy atom. The van der Waals surface area contributed by atoms with E-state index in [1.807, 2.05) is 37.1 Å². The first kappa shape index (κ1) is 24.4. The molecule has 0 aromatic carbocycles. The van der Waals surface area contributed by atoms with Crippen LogP contribution in [0.5, 0.6) is 0 Å². The van der Waals surface area contributed by atoms with Gasteiger partial charge in [-0.1, -0.05) is 6.42 Å². The van der Waals surface area contributed by atoms with Crippen LogP contribution in [0, 0.1) is 0 Å². The lowest BCUT2D eigenvalue weighted by atomic mass is 10.1. The van der Waals surface area contributed by atoms with E-state index < -0.39 is 0 Å². The maximum atomic E-state index is 12.3. The van der Waals surface area contributed by atoms with Gasteiger partial charge in [0.15, 0.2) is 0 Å². The molecule has 3 aromatic heterocycles. The lowest BCUT2D eigenvalue weighted by molar-refractivity contribution is -0.125. The Bertz CT molecular complexity index is 1120. The molecule has 1 aliphatic heterocycles. The third kappa shape index (κ3) is 6.21. The van der Waals surface area contributed by atoms with Crippen molar-refractivity contribution in [2.75, 3.05) is 44.6 Å². The van der Waals surface area contributed by atoms with E-state index in [0.29, 0.717) is 0 Å². The molecule has 1 aliphatic rings. The van der Waals surface area contributed by atoms with E-state index in [1.165, 1.54) is 32.4 Å². The van der Waals surface area contributed by atoms with Gasteiger partial charge in [0.1, 0.15) is 0 Å². The van der Waals surface area contributed by atoms with Gasteiger partial charge in [-0.2, -0.15) is 0 Å². The fourth-order valence-electron chi connectivity index (χ4n) is 4.42. The number of amides is 1. The third-order valence-corrected chi connectivity index (χ3v) is 7.44. The highest BCUT2D eigenvalue weighted by molar-refractivity contribution is 7.16. The molecule has 0 bridgehead atoms. The first-order chi connectivity index (χ1) is 16.7. The normalized spacial score (nSPS) is 14.6. The van der Waals surface area contributed by atoms with Crippen LogP contribution < -0.4 is 5.32 Å². The summed E-state index contributed by atoms with van der Waals surface area (Å²) in [6.07, 6.45) is 12.4. The van der Waals surface area contributed by atoms with Crippen LogP contribution >= 0.6 is 11.3 Å². The van der Waals surface area contributed by atoms with E-state index in [2.05, 4.69) is 33.4 Å². The smallest absolute Gasteiger partial charge is 0.246 e. The quantitative estimate of drug-likeness (QED) is 0.307. The summed E-state index contributed by atoms with van der Waals surface area (Å²) in [5, 5.41) is 4.69. The standard InChI is InChI=1S/C27H35N5OS/c1-3-32(4-2)27(33)12-10-21-9-11-26(34-21)25-19-24(22-20-28-15-13-23(22)30-25)29-14-8-18-31-16-6-5-7-17-31/h9-13,15,19-20H,3-8,14,16-18H2,1-2H3,(H,29,30)/b12-10+. The number of pyridine rings is 2. The van der Waals surface area contributed by atoms with Crippen LogP contribution in [0.25, 0.3) is 27.6 Å². The molecule has 180 valence electrons. The van der Waals surface area contributed by atoms with Crippen molar-refractivity contribution in [2.24, 2.45) is 0 Å². The maximum Gasteiger partial charge on any atom is 0.246 e. The number of likely N-dealkylation sites (tertiary alicyclic amines) is 1. The predicted molar refractivity (Wildman–Crippen MR) is 143 cm³/mol. The summed E-state index contributed by atoms with van der Waals surface area (Å²) in [4.78, 5) is 28.0. The van der Waals surface area contributed by atoms with Gasteiger partial charge in [0.2, 0.25) is 5.91 Å². The zero-order valence-corrected chi connectivity index (χ0v) is 21.1. The number of hydrogen-bond acceptors (Lipinski definition) is 6. The summed E-state index contributed by atoms with van der Waals surface area (Å²) >= 11 is 1.65. The van der Waals surface area contributed by atoms with Crippen LogP contribution in [0.1, 0.15) is 44.4 Å². The number of hydrogen-bond donors (Lipinski definition) is 1. The zero-order chi connectivity index (χ0) is 23.8. The van der Waals surface area contributed by atoms with Gasteiger partial charge >= 0.3 is 0 Å². The molecule has 34 heavy (non-hydrogen) atoms. The molecular formula is C27H35N5OS. The van der Waals surface area contributed by atoms with Gasteiger partial charge < -0.3 is 15.1 Å². The van der Waals surface area contributed by atoms with Gasteiger partial charge in [-0.3, -0.25) is 9.78 Å². The lowest BCUT2D eigenvalue weighted by Gasteiger charge is -2.26. The van der Waals surface area contributed by atoms with Crippen LogP contribution in [0.15, 0.2) is 42.7 Å². The Kier molecular flexibility index (Phi) is 8.66. The summed E-state index contributed by atoms with van der Waals surface area (Å²) in [5.41, 5.74) is 2.96. The van der Waals surface area contributed by atoms with Gasteiger partial charge in [-0.25, -0.2) is 4.98 Å². The number of fused-ring (bicyclic) bond motifs is 1. The van der Waals surface area contributed by atoms with Gasteiger partial charge in [-0.15, -0.1) is 11.3 Å². The topological polar surface area (TPSA) is 61.4 Å². The van der Waals surface area contributed by atoms with Crippen molar-refractivity contribution in [3.63, 3.8) is 0 Å². The Morgan fingerprint density at radius 3 is 2.79 bits per heavy atom. The van der Waals surface area contributed by atoms with E-state index in [0.717, 1.165) is 64.6 Å². The number of carbonyl (C=O) groups excluding carboxylic acids is 1. The van der Waals surface area contributed by atoms with Gasteiger partial charge in [-0.05, 0) is 83.1 Å². The number of rotatable bonds is 10. The average Bonchev–Trinajstić information content (AvgIpc) is 3.36. The Labute approximate surface area is 206 Å². The van der Waals surface area contributed by atoms with E-state index in [-0.39, 0.29) is 5.91 Å². The summed E-state index contributed by atoms with van der Waals surface area (Å²) in [6.45, 7) is 9.99. The van der Waals surface area contributed by atoms with Crippen molar-refractivity contribution in [1.29, 1.82) is 0 Å². The number of nitrogens with one attached hydrogen (secondary N) is 1. The lowest BCUT2D eigenvalue weighted by Crippen LogP contribution is -2.31. The number of anilines is 1. The van der Waals surface area contributed by atoms with Crippen molar-refractivity contribution in [3.8, 4) is 10.6 Å². The van der Waals surface area contributed by atoms with Crippen LogP contribution in [-0.4, -0.2) is 64.9 Å². The molecule has 6 nitrogen and oxygen atoms in total. The van der Waals surface area contributed by atoms with Crippen LogP contribution in [0.2, 0.25) is 0 Å². The molecule has 0 unspecified atom stereocenters. The van der Waals surface area contributed by atoms with Crippen LogP contribution in [0.4, 0.5) is 5.69 Å². The second-order valence-electron chi connectivity index (χ2n) is 8.68. The first-order valence-corrected chi connectivity index (χ1v) is 13.3. The van der Waals surface area contributed by atoms with Gasteiger partial charge in [0.25, 0.3) is 0 Å². The second kappa shape index (κ2) is 12.1. The minimum absolute atomic E-state index is 0.0484. The molecule has 1 fully saturated rings. The fraction of sp³-hybridized carbons (Fsp3) is 0.444. The number of nitrogens with zero attached hydrogens (tertiary/aromatic N) is 4. The number of piperidine rings is 1. The Morgan fingerprint density at radius 2 is 2.00 bits per heavy atom. The summed E-state index contributed by atoms with van der Waals surface area (Å²) in [7, 11) is 0. The fourth-order valence-corrected chi connectivity index (χ4v) is 5.30. The molecule has 4 rings (SSSR count). The molecule has 0 spiro atoms. The largest absolute Gasteiger partial charge is 0.384 e. The molecule has 0 saturated carbocycles. The minimum Gasteiger partial charge on any atom is -0.384 e. The zero-order valence-electron chi connectivity index (χ0n) is 20.3. The number of thiophene rings is 1. The van der Waals surface area contributed by atoms with Gasteiger partial charge in [0, 0.05) is 54.1 Å².